The normalized spacial score (nSPS) is 23.2. The second kappa shape index (κ2) is 4.12. The van der Waals surface area contributed by atoms with Gasteiger partial charge in [0.05, 0.1) is 13.2 Å². The van der Waals surface area contributed by atoms with Gasteiger partial charge in [0, 0.05) is 32.0 Å². The second-order valence-electron chi connectivity index (χ2n) is 4.37. The monoisotopic (exact) mass is 237 g/mol. The molecule has 2 aliphatic rings. The van der Waals surface area contributed by atoms with Crippen molar-refractivity contribution in [2.45, 2.75) is 18.6 Å². The lowest BCUT2D eigenvalue weighted by Gasteiger charge is -2.37. The summed E-state index contributed by atoms with van der Waals surface area (Å²) in [5.74, 6) is 0.441. The predicted octanol–water partition coefficient (Wildman–Crippen LogP) is 0.113. The lowest BCUT2D eigenvalue weighted by molar-refractivity contribution is -0.169. The third kappa shape index (κ3) is 2.05. The van der Waals surface area contributed by atoms with Crippen LogP contribution in [0.25, 0.3) is 0 Å². The Morgan fingerprint density at radius 3 is 2.53 bits per heavy atom. The maximum Gasteiger partial charge on any atom is 0.264 e. The Morgan fingerprint density at radius 2 is 1.94 bits per heavy atom. The van der Waals surface area contributed by atoms with Crippen molar-refractivity contribution in [1.82, 2.24) is 10.2 Å². The minimum atomic E-state index is -0.362. The molecule has 1 N–H and O–H groups in total. The van der Waals surface area contributed by atoms with E-state index in [1.807, 2.05) is 0 Å². The molecule has 0 aromatic carbocycles. The lowest BCUT2D eigenvalue weighted by Crippen LogP contribution is -2.45. The highest BCUT2D eigenvalue weighted by atomic mass is 16.7. The van der Waals surface area contributed by atoms with Gasteiger partial charge in [-0.2, -0.15) is 5.10 Å². The summed E-state index contributed by atoms with van der Waals surface area (Å²) < 4.78 is 11.3. The van der Waals surface area contributed by atoms with Crippen LogP contribution in [-0.2, 0) is 9.47 Å². The van der Waals surface area contributed by atoms with Gasteiger partial charge in [-0.3, -0.25) is 4.79 Å². The van der Waals surface area contributed by atoms with E-state index in [1.54, 1.807) is 6.07 Å². The minimum Gasteiger partial charge on any atom is -0.355 e. The van der Waals surface area contributed by atoms with Gasteiger partial charge in [0.1, 0.15) is 5.82 Å². The van der Waals surface area contributed by atoms with Gasteiger partial charge in [0.25, 0.3) is 5.56 Å². The molecule has 0 atom stereocenters. The third-order valence-corrected chi connectivity index (χ3v) is 3.33. The number of nitrogens with one attached hydrogen (secondary N) is 1. The van der Waals surface area contributed by atoms with Gasteiger partial charge in [-0.25, -0.2) is 5.10 Å². The second-order valence-corrected chi connectivity index (χ2v) is 4.37. The van der Waals surface area contributed by atoms with E-state index in [-0.39, 0.29) is 11.3 Å². The Morgan fingerprint density at radius 1 is 1.24 bits per heavy atom. The molecule has 17 heavy (non-hydrogen) atoms. The largest absolute Gasteiger partial charge is 0.355 e. The smallest absolute Gasteiger partial charge is 0.264 e. The fourth-order valence-corrected chi connectivity index (χ4v) is 2.38. The highest BCUT2D eigenvalue weighted by Gasteiger charge is 2.39. The van der Waals surface area contributed by atoms with E-state index in [0.717, 1.165) is 31.7 Å². The van der Waals surface area contributed by atoms with Crippen LogP contribution >= 0.6 is 0 Å². The number of nitrogens with zero attached hydrogens (tertiary/aromatic N) is 2. The van der Waals surface area contributed by atoms with Crippen molar-refractivity contribution in [3.05, 3.63) is 22.5 Å². The molecule has 1 aromatic heterocycles. The Bertz CT molecular complexity index is 423. The molecule has 6 heteroatoms. The van der Waals surface area contributed by atoms with Crippen molar-refractivity contribution in [2.24, 2.45) is 0 Å². The fourth-order valence-electron chi connectivity index (χ4n) is 2.38. The van der Waals surface area contributed by atoms with Gasteiger partial charge < -0.3 is 14.4 Å². The van der Waals surface area contributed by atoms with Gasteiger partial charge in [-0.15, -0.1) is 0 Å². The Kier molecular flexibility index (Phi) is 2.60. The summed E-state index contributed by atoms with van der Waals surface area (Å²) in [6.45, 7) is 3.05. The zero-order valence-corrected chi connectivity index (χ0v) is 9.52. The molecule has 3 heterocycles. The van der Waals surface area contributed by atoms with Crippen LogP contribution in [0.15, 0.2) is 16.9 Å². The number of aromatic amines is 1. The lowest BCUT2D eigenvalue weighted by atomic mass is 10.0. The van der Waals surface area contributed by atoms with Crippen LogP contribution in [0.5, 0.6) is 0 Å². The average molecular weight is 237 g/mol. The third-order valence-electron chi connectivity index (χ3n) is 3.33. The van der Waals surface area contributed by atoms with Crippen LogP contribution in [0.4, 0.5) is 5.82 Å². The molecule has 2 saturated heterocycles. The van der Waals surface area contributed by atoms with E-state index < -0.39 is 0 Å². The number of ether oxygens (including phenoxy) is 2. The van der Waals surface area contributed by atoms with E-state index in [1.165, 1.54) is 6.07 Å². The fraction of sp³-hybridized carbons (Fsp3) is 0.636. The number of rotatable bonds is 1. The van der Waals surface area contributed by atoms with Crippen molar-refractivity contribution in [3.8, 4) is 0 Å². The molecule has 2 aliphatic heterocycles. The zero-order valence-electron chi connectivity index (χ0n) is 9.52. The van der Waals surface area contributed by atoms with Gasteiger partial charge >= 0.3 is 0 Å². The standard InChI is InChI=1S/C11H15N3O3/c15-10-2-1-9(12-13-10)14-5-3-11(4-6-14)16-7-8-17-11/h1-2H,3-8H2,(H,13,15). The van der Waals surface area contributed by atoms with E-state index in [0.29, 0.717) is 13.2 Å². The molecule has 1 spiro atoms. The van der Waals surface area contributed by atoms with Gasteiger partial charge in [0.15, 0.2) is 5.79 Å². The minimum absolute atomic E-state index is 0.176. The number of anilines is 1. The van der Waals surface area contributed by atoms with Crippen molar-refractivity contribution < 1.29 is 9.47 Å². The Labute approximate surface area is 98.5 Å². The quantitative estimate of drug-likeness (QED) is 0.751. The van der Waals surface area contributed by atoms with Gasteiger partial charge in [-0.05, 0) is 6.07 Å². The Balaban J connectivity index is 1.68. The first-order chi connectivity index (χ1) is 8.27. The molecule has 0 radical (unpaired) electrons. The molecule has 0 unspecified atom stereocenters. The predicted molar refractivity (Wildman–Crippen MR) is 60.9 cm³/mol. The molecular formula is C11H15N3O3. The highest BCUT2D eigenvalue weighted by molar-refractivity contribution is 5.36. The van der Waals surface area contributed by atoms with Crippen LogP contribution in [0.2, 0.25) is 0 Å². The number of hydrogen-bond donors (Lipinski definition) is 1. The van der Waals surface area contributed by atoms with Crippen LogP contribution in [-0.4, -0.2) is 42.3 Å². The summed E-state index contributed by atoms with van der Waals surface area (Å²) in [6.07, 6.45) is 1.68. The van der Waals surface area contributed by atoms with Crippen molar-refractivity contribution >= 4 is 5.82 Å². The molecule has 1 aromatic rings. The first kappa shape index (κ1) is 10.7. The number of piperidine rings is 1. The molecule has 6 nitrogen and oxygen atoms in total. The molecule has 0 amide bonds. The summed E-state index contributed by atoms with van der Waals surface area (Å²) in [5, 5.41) is 6.47. The van der Waals surface area contributed by atoms with Crippen molar-refractivity contribution in [3.63, 3.8) is 0 Å². The average Bonchev–Trinajstić information content (AvgIpc) is 2.80. The molecular weight excluding hydrogens is 222 g/mol. The van der Waals surface area contributed by atoms with E-state index in [9.17, 15) is 4.79 Å². The first-order valence-electron chi connectivity index (χ1n) is 5.86. The zero-order chi connectivity index (χ0) is 11.7. The molecule has 0 aliphatic carbocycles. The van der Waals surface area contributed by atoms with Gasteiger partial charge in [0.2, 0.25) is 0 Å². The maximum atomic E-state index is 10.9. The van der Waals surface area contributed by atoms with Crippen molar-refractivity contribution in [2.75, 3.05) is 31.2 Å². The molecule has 0 bridgehead atoms. The SMILES string of the molecule is O=c1ccc(N2CCC3(CC2)OCCO3)n[nH]1. The van der Waals surface area contributed by atoms with Crippen LogP contribution in [0, 0.1) is 0 Å². The molecule has 2 fully saturated rings. The maximum absolute atomic E-state index is 10.9. The van der Waals surface area contributed by atoms with Crippen molar-refractivity contribution in [1.29, 1.82) is 0 Å². The number of H-pyrrole nitrogens is 1. The summed E-state index contributed by atoms with van der Waals surface area (Å²) in [6, 6.07) is 3.24. The highest BCUT2D eigenvalue weighted by Crippen LogP contribution is 2.32. The molecule has 3 rings (SSSR count). The van der Waals surface area contributed by atoms with E-state index >= 15 is 0 Å². The van der Waals surface area contributed by atoms with E-state index in [4.69, 9.17) is 9.47 Å². The first-order valence-corrected chi connectivity index (χ1v) is 5.86. The number of hydrogen-bond acceptors (Lipinski definition) is 5. The molecule has 0 saturated carbocycles. The Hall–Kier alpha value is -1.40. The topological polar surface area (TPSA) is 67.5 Å². The van der Waals surface area contributed by atoms with Crippen LogP contribution in [0.3, 0.4) is 0 Å². The van der Waals surface area contributed by atoms with Gasteiger partial charge in [-0.1, -0.05) is 0 Å². The van der Waals surface area contributed by atoms with E-state index in [2.05, 4.69) is 15.1 Å². The summed E-state index contributed by atoms with van der Waals surface area (Å²) in [5.41, 5.74) is -0.176. The summed E-state index contributed by atoms with van der Waals surface area (Å²) >= 11 is 0. The van der Waals surface area contributed by atoms with Crippen LogP contribution in [0.1, 0.15) is 12.8 Å². The summed E-state index contributed by atoms with van der Waals surface area (Å²) in [7, 11) is 0. The van der Waals surface area contributed by atoms with Crippen LogP contribution < -0.4 is 10.5 Å². The molecule has 92 valence electrons. The number of aromatic nitrogens is 2. The summed E-state index contributed by atoms with van der Waals surface area (Å²) in [4.78, 5) is 13.1.